The molecule has 0 aromatic carbocycles. The van der Waals surface area contributed by atoms with Crippen LogP contribution in [0.2, 0.25) is 0 Å². The van der Waals surface area contributed by atoms with Crippen molar-refractivity contribution in [1.82, 2.24) is 9.78 Å². The highest BCUT2D eigenvalue weighted by Gasteiger charge is 2.33. The smallest absolute Gasteiger partial charge is 0.0714 e. The maximum atomic E-state index is 9.19. The zero-order chi connectivity index (χ0) is 10.1. The molecule has 0 spiro atoms. The van der Waals surface area contributed by atoms with Crippen molar-refractivity contribution in [2.45, 2.75) is 31.7 Å². The number of hydrogen-bond acceptors (Lipinski definition) is 3. The molecule has 1 heterocycles. The molecule has 0 fully saturated rings. The summed E-state index contributed by atoms with van der Waals surface area (Å²) in [5.41, 5.74) is 2.10. The number of aliphatic hydroxyl groups is 2. The van der Waals surface area contributed by atoms with Crippen LogP contribution in [0.4, 0.5) is 0 Å². The van der Waals surface area contributed by atoms with Gasteiger partial charge in [0.25, 0.3) is 0 Å². The van der Waals surface area contributed by atoms with E-state index in [1.54, 1.807) is 0 Å². The lowest BCUT2D eigenvalue weighted by Gasteiger charge is -2.07. The normalized spacial score (nSPS) is 25.4. The van der Waals surface area contributed by atoms with E-state index in [-0.39, 0.29) is 25.0 Å². The molecule has 2 N–H and O–H groups in total. The number of aliphatic hydroxyl groups excluding tert-OH is 2. The molecule has 4 heteroatoms. The van der Waals surface area contributed by atoms with Crippen LogP contribution in [0.3, 0.4) is 0 Å². The third-order valence-corrected chi connectivity index (χ3v) is 2.98. The fourth-order valence-corrected chi connectivity index (χ4v) is 2.16. The minimum Gasteiger partial charge on any atom is -0.396 e. The summed E-state index contributed by atoms with van der Waals surface area (Å²) in [6.45, 7) is 3.15. The van der Waals surface area contributed by atoms with E-state index in [9.17, 15) is 10.2 Å². The SMILES string of the molecule is CCn1cc2c(n1)[C@H](CO)C[C@@H]2CO. The molecule has 0 saturated carbocycles. The molecule has 78 valence electrons. The van der Waals surface area contributed by atoms with Crippen molar-refractivity contribution in [3.05, 3.63) is 17.5 Å². The van der Waals surface area contributed by atoms with Gasteiger partial charge in [0.05, 0.1) is 18.9 Å². The molecule has 0 radical (unpaired) electrons. The van der Waals surface area contributed by atoms with Gasteiger partial charge in [-0.15, -0.1) is 0 Å². The molecule has 0 unspecified atom stereocenters. The topological polar surface area (TPSA) is 58.3 Å². The van der Waals surface area contributed by atoms with Gasteiger partial charge in [-0.3, -0.25) is 4.68 Å². The average Bonchev–Trinajstić information content (AvgIpc) is 2.74. The molecule has 4 nitrogen and oxygen atoms in total. The molecule has 1 aliphatic rings. The van der Waals surface area contributed by atoms with Crippen LogP contribution in [0.5, 0.6) is 0 Å². The molecule has 0 amide bonds. The summed E-state index contributed by atoms with van der Waals surface area (Å²) < 4.78 is 1.87. The Labute approximate surface area is 83.2 Å². The van der Waals surface area contributed by atoms with Crippen LogP contribution in [0, 0.1) is 0 Å². The molecule has 1 aromatic rings. The van der Waals surface area contributed by atoms with Crippen LogP contribution in [0.25, 0.3) is 0 Å². The predicted octanol–water partition coefficient (Wildman–Crippen LogP) is 0.458. The summed E-state index contributed by atoms with van der Waals surface area (Å²) in [5, 5.41) is 22.8. The van der Waals surface area contributed by atoms with E-state index in [0.717, 1.165) is 24.2 Å². The van der Waals surface area contributed by atoms with Crippen molar-refractivity contribution in [3.63, 3.8) is 0 Å². The summed E-state index contributed by atoms with van der Waals surface area (Å²) in [6, 6.07) is 0. The van der Waals surface area contributed by atoms with Crippen molar-refractivity contribution in [2.24, 2.45) is 0 Å². The molecular weight excluding hydrogens is 180 g/mol. The van der Waals surface area contributed by atoms with Crippen molar-refractivity contribution >= 4 is 0 Å². The summed E-state index contributed by atoms with van der Waals surface area (Å²) in [6.07, 6.45) is 2.82. The molecule has 2 atom stereocenters. The standard InChI is InChI=1S/C10H16N2O2/c1-2-12-4-9-7(5-13)3-8(6-14)10(9)11-12/h4,7-8,13-14H,2-3,5-6H2,1H3/t7-,8+/m1/s1. The highest BCUT2D eigenvalue weighted by molar-refractivity contribution is 5.31. The average molecular weight is 196 g/mol. The van der Waals surface area contributed by atoms with Gasteiger partial charge in [-0.1, -0.05) is 0 Å². The quantitative estimate of drug-likeness (QED) is 0.738. The summed E-state index contributed by atoms with van der Waals surface area (Å²) in [5.74, 6) is 0.289. The zero-order valence-corrected chi connectivity index (χ0v) is 8.35. The van der Waals surface area contributed by atoms with Gasteiger partial charge in [0.15, 0.2) is 0 Å². The van der Waals surface area contributed by atoms with Gasteiger partial charge in [0, 0.05) is 24.6 Å². The Morgan fingerprint density at radius 1 is 1.43 bits per heavy atom. The highest BCUT2D eigenvalue weighted by atomic mass is 16.3. The summed E-state index contributed by atoms with van der Waals surface area (Å²) >= 11 is 0. The Kier molecular flexibility index (Phi) is 2.56. The maximum absolute atomic E-state index is 9.19. The lowest BCUT2D eigenvalue weighted by Crippen LogP contribution is -2.06. The van der Waals surface area contributed by atoms with Crippen LogP contribution in [0.1, 0.15) is 36.4 Å². The number of aryl methyl sites for hydroxylation is 1. The van der Waals surface area contributed by atoms with Crippen LogP contribution >= 0.6 is 0 Å². The molecule has 0 bridgehead atoms. The van der Waals surface area contributed by atoms with E-state index in [1.807, 2.05) is 17.8 Å². The molecule has 2 rings (SSSR count). The number of nitrogens with zero attached hydrogens (tertiary/aromatic N) is 2. The van der Waals surface area contributed by atoms with Gasteiger partial charge < -0.3 is 10.2 Å². The van der Waals surface area contributed by atoms with Gasteiger partial charge in [0.2, 0.25) is 0 Å². The van der Waals surface area contributed by atoms with E-state index < -0.39 is 0 Å². The monoisotopic (exact) mass is 196 g/mol. The minimum absolute atomic E-state index is 0.120. The Morgan fingerprint density at radius 2 is 2.14 bits per heavy atom. The second-order valence-corrected chi connectivity index (χ2v) is 3.82. The molecule has 1 aromatic heterocycles. The zero-order valence-electron chi connectivity index (χ0n) is 8.35. The van der Waals surface area contributed by atoms with E-state index in [2.05, 4.69) is 5.10 Å². The lowest BCUT2D eigenvalue weighted by molar-refractivity contribution is 0.232. The second-order valence-electron chi connectivity index (χ2n) is 3.82. The Morgan fingerprint density at radius 3 is 2.71 bits per heavy atom. The first-order valence-electron chi connectivity index (χ1n) is 5.09. The first-order valence-corrected chi connectivity index (χ1v) is 5.09. The minimum atomic E-state index is 0.120. The third-order valence-electron chi connectivity index (χ3n) is 2.98. The summed E-state index contributed by atoms with van der Waals surface area (Å²) in [7, 11) is 0. The Bertz CT molecular complexity index is 294. The van der Waals surface area contributed by atoms with E-state index in [4.69, 9.17) is 0 Å². The molecule has 1 aliphatic carbocycles. The van der Waals surface area contributed by atoms with Gasteiger partial charge >= 0.3 is 0 Å². The number of aromatic nitrogens is 2. The first kappa shape index (κ1) is 9.68. The number of rotatable bonds is 3. The largest absolute Gasteiger partial charge is 0.396 e. The van der Waals surface area contributed by atoms with Crippen molar-refractivity contribution < 1.29 is 10.2 Å². The van der Waals surface area contributed by atoms with Gasteiger partial charge in [-0.25, -0.2) is 0 Å². The van der Waals surface area contributed by atoms with Crippen LogP contribution in [0.15, 0.2) is 6.20 Å². The fraction of sp³-hybridized carbons (Fsp3) is 0.700. The molecule has 0 saturated heterocycles. The fourth-order valence-electron chi connectivity index (χ4n) is 2.16. The van der Waals surface area contributed by atoms with Crippen molar-refractivity contribution in [3.8, 4) is 0 Å². The van der Waals surface area contributed by atoms with Gasteiger partial charge in [-0.05, 0) is 18.9 Å². The van der Waals surface area contributed by atoms with Crippen LogP contribution < -0.4 is 0 Å². The van der Waals surface area contributed by atoms with Crippen LogP contribution in [-0.2, 0) is 6.54 Å². The first-order chi connectivity index (χ1) is 6.80. The van der Waals surface area contributed by atoms with Crippen LogP contribution in [-0.4, -0.2) is 33.2 Å². The van der Waals surface area contributed by atoms with E-state index in [0.29, 0.717) is 0 Å². The summed E-state index contributed by atoms with van der Waals surface area (Å²) in [4.78, 5) is 0. The Balaban J connectivity index is 2.34. The highest BCUT2D eigenvalue weighted by Crippen LogP contribution is 2.40. The molecule has 0 aliphatic heterocycles. The van der Waals surface area contributed by atoms with Gasteiger partial charge in [-0.2, -0.15) is 5.10 Å². The van der Waals surface area contributed by atoms with Crippen molar-refractivity contribution in [1.29, 1.82) is 0 Å². The van der Waals surface area contributed by atoms with Crippen molar-refractivity contribution in [2.75, 3.05) is 13.2 Å². The predicted molar refractivity (Wildman–Crippen MR) is 52.2 cm³/mol. The Hall–Kier alpha value is -0.870. The number of hydrogen-bond donors (Lipinski definition) is 2. The van der Waals surface area contributed by atoms with Gasteiger partial charge in [0.1, 0.15) is 0 Å². The lowest BCUT2D eigenvalue weighted by atomic mass is 10.0. The van der Waals surface area contributed by atoms with E-state index in [1.165, 1.54) is 0 Å². The third kappa shape index (κ3) is 1.35. The second kappa shape index (κ2) is 3.71. The van der Waals surface area contributed by atoms with E-state index >= 15 is 0 Å². The molecule has 14 heavy (non-hydrogen) atoms. The number of fused-ring (bicyclic) bond motifs is 1. The molecular formula is C10H16N2O2. The maximum Gasteiger partial charge on any atom is 0.0714 e.